The van der Waals surface area contributed by atoms with Gasteiger partial charge in [0, 0.05) is 24.0 Å². The summed E-state index contributed by atoms with van der Waals surface area (Å²) in [5.41, 5.74) is 1.20. The van der Waals surface area contributed by atoms with E-state index in [1.54, 1.807) is 17.7 Å². The third-order valence-electron chi connectivity index (χ3n) is 3.32. The fourth-order valence-electron chi connectivity index (χ4n) is 2.32. The largest absolute Gasteiger partial charge is 0.370 e. The molecule has 21 heavy (non-hydrogen) atoms. The van der Waals surface area contributed by atoms with E-state index in [1.165, 1.54) is 10.4 Å². The summed E-state index contributed by atoms with van der Waals surface area (Å²) in [7, 11) is 2.09. The first-order valence-corrected chi connectivity index (χ1v) is 8.33. The summed E-state index contributed by atoms with van der Waals surface area (Å²) < 4.78 is 0. The summed E-state index contributed by atoms with van der Waals surface area (Å²) in [6.45, 7) is 8.36. The normalized spacial score (nSPS) is 10.9. The van der Waals surface area contributed by atoms with Crippen molar-refractivity contribution in [2.45, 2.75) is 39.7 Å². The van der Waals surface area contributed by atoms with Crippen molar-refractivity contribution in [1.82, 2.24) is 9.97 Å². The number of thiophene rings is 1. The van der Waals surface area contributed by atoms with Crippen LogP contribution >= 0.6 is 11.3 Å². The SMILES string of the molecule is CCCNc1ncnc(N(C)Cc2cccs2)c1C(C)C. The van der Waals surface area contributed by atoms with Crippen LogP contribution < -0.4 is 10.2 Å². The second-order valence-corrected chi connectivity index (χ2v) is 6.51. The monoisotopic (exact) mass is 304 g/mol. The van der Waals surface area contributed by atoms with Crippen molar-refractivity contribution < 1.29 is 0 Å². The van der Waals surface area contributed by atoms with Gasteiger partial charge in [-0.3, -0.25) is 0 Å². The Labute approximate surface area is 131 Å². The molecule has 0 aliphatic heterocycles. The lowest BCUT2D eigenvalue weighted by molar-refractivity contribution is 0.809. The highest BCUT2D eigenvalue weighted by Gasteiger charge is 2.18. The minimum Gasteiger partial charge on any atom is -0.370 e. The molecule has 2 heterocycles. The molecule has 4 nitrogen and oxygen atoms in total. The highest BCUT2D eigenvalue weighted by Crippen LogP contribution is 2.31. The summed E-state index contributed by atoms with van der Waals surface area (Å²) >= 11 is 1.78. The molecule has 0 saturated carbocycles. The molecule has 0 radical (unpaired) electrons. The van der Waals surface area contributed by atoms with Gasteiger partial charge in [-0.15, -0.1) is 11.3 Å². The predicted molar refractivity (Wildman–Crippen MR) is 91.3 cm³/mol. The Morgan fingerprint density at radius 2 is 2.14 bits per heavy atom. The van der Waals surface area contributed by atoms with E-state index in [2.05, 4.69) is 65.5 Å². The van der Waals surface area contributed by atoms with E-state index in [4.69, 9.17) is 0 Å². The van der Waals surface area contributed by atoms with Gasteiger partial charge in [0.05, 0.1) is 6.54 Å². The molecule has 0 saturated heterocycles. The highest BCUT2D eigenvalue weighted by atomic mass is 32.1. The molecule has 0 amide bonds. The zero-order chi connectivity index (χ0) is 15.2. The van der Waals surface area contributed by atoms with Crippen LogP contribution in [0.3, 0.4) is 0 Å². The van der Waals surface area contributed by atoms with Gasteiger partial charge in [0.15, 0.2) is 0 Å². The number of aromatic nitrogens is 2. The standard InChI is InChI=1S/C16H24N4S/c1-5-8-17-15-14(12(2)3)16(19-11-18-15)20(4)10-13-7-6-9-21-13/h6-7,9,11-12H,5,8,10H2,1-4H3,(H,17,18,19). The van der Waals surface area contributed by atoms with Gasteiger partial charge in [-0.05, 0) is 23.8 Å². The quantitative estimate of drug-likeness (QED) is 0.835. The molecule has 0 fully saturated rings. The Morgan fingerprint density at radius 1 is 1.33 bits per heavy atom. The van der Waals surface area contributed by atoms with E-state index in [0.717, 1.165) is 31.1 Å². The van der Waals surface area contributed by atoms with Gasteiger partial charge in [-0.1, -0.05) is 26.8 Å². The average molecular weight is 304 g/mol. The smallest absolute Gasteiger partial charge is 0.137 e. The van der Waals surface area contributed by atoms with Crippen LogP contribution in [0.2, 0.25) is 0 Å². The molecule has 2 aromatic heterocycles. The van der Waals surface area contributed by atoms with Crippen LogP contribution in [-0.4, -0.2) is 23.6 Å². The van der Waals surface area contributed by atoms with Crippen molar-refractivity contribution in [2.75, 3.05) is 23.8 Å². The van der Waals surface area contributed by atoms with E-state index in [-0.39, 0.29) is 0 Å². The Balaban J connectivity index is 2.28. The first-order chi connectivity index (χ1) is 10.1. The lowest BCUT2D eigenvalue weighted by Gasteiger charge is -2.24. The second-order valence-electron chi connectivity index (χ2n) is 5.48. The van der Waals surface area contributed by atoms with Crippen LogP contribution in [0.4, 0.5) is 11.6 Å². The lowest BCUT2D eigenvalue weighted by atomic mass is 10.0. The zero-order valence-corrected chi connectivity index (χ0v) is 14.1. The van der Waals surface area contributed by atoms with Crippen LogP contribution in [0.15, 0.2) is 23.8 Å². The predicted octanol–water partition coefficient (Wildman–Crippen LogP) is 4.12. The molecule has 114 valence electrons. The molecule has 2 rings (SSSR count). The topological polar surface area (TPSA) is 41.1 Å². The number of nitrogens with zero attached hydrogens (tertiary/aromatic N) is 3. The Bertz CT molecular complexity index is 551. The highest BCUT2D eigenvalue weighted by molar-refractivity contribution is 7.09. The molecule has 1 N–H and O–H groups in total. The maximum atomic E-state index is 4.53. The molecule has 0 aromatic carbocycles. The molecule has 0 atom stereocenters. The number of hydrogen-bond donors (Lipinski definition) is 1. The Hall–Kier alpha value is -1.62. The van der Waals surface area contributed by atoms with E-state index < -0.39 is 0 Å². The van der Waals surface area contributed by atoms with Gasteiger partial charge < -0.3 is 10.2 Å². The van der Waals surface area contributed by atoms with E-state index in [1.807, 2.05) is 0 Å². The van der Waals surface area contributed by atoms with Crippen LogP contribution in [0, 0.1) is 0 Å². The maximum Gasteiger partial charge on any atom is 0.137 e. The van der Waals surface area contributed by atoms with Gasteiger partial charge in [0.25, 0.3) is 0 Å². The maximum absolute atomic E-state index is 4.53. The van der Waals surface area contributed by atoms with E-state index >= 15 is 0 Å². The fourth-order valence-corrected chi connectivity index (χ4v) is 3.07. The molecule has 2 aromatic rings. The molecular weight excluding hydrogens is 280 g/mol. The van der Waals surface area contributed by atoms with Gasteiger partial charge >= 0.3 is 0 Å². The molecule has 0 unspecified atom stereocenters. The summed E-state index contributed by atoms with van der Waals surface area (Å²) in [6.07, 6.45) is 2.74. The summed E-state index contributed by atoms with van der Waals surface area (Å²) in [4.78, 5) is 12.5. The zero-order valence-electron chi connectivity index (χ0n) is 13.3. The second kappa shape index (κ2) is 7.41. The summed E-state index contributed by atoms with van der Waals surface area (Å²) in [6, 6.07) is 4.25. The number of nitrogens with one attached hydrogen (secondary N) is 1. The molecule has 5 heteroatoms. The molecule has 0 aliphatic rings. The average Bonchev–Trinajstić information content (AvgIpc) is 2.97. The summed E-state index contributed by atoms with van der Waals surface area (Å²) in [5.74, 6) is 2.37. The molecule has 0 spiro atoms. The lowest BCUT2D eigenvalue weighted by Crippen LogP contribution is -2.21. The molecule has 0 aliphatic carbocycles. The van der Waals surface area contributed by atoms with Crippen LogP contribution in [0.1, 0.15) is 43.6 Å². The molecule has 0 bridgehead atoms. The fraction of sp³-hybridized carbons (Fsp3) is 0.500. The third-order valence-corrected chi connectivity index (χ3v) is 4.18. The number of anilines is 2. The van der Waals surface area contributed by atoms with Crippen LogP contribution in [0.5, 0.6) is 0 Å². The minimum absolute atomic E-state index is 0.381. The van der Waals surface area contributed by atoms with Gasteiger partial charge in [0.2, 0.25) is 0 Å². The first kappa shape index (κ1) is 15.8. The minimum atomic E-state index is 0.381. The third kappa shape index (κ3) is 3.94. The van der Waals surface area contributed by atoms with Crippen molar-refractivity contribution in [3.8, 4) is 0 Å². The number of rotatable bonds is 7. The Kier molecular flexibility index (Phi) is 5.56. The van der Waals surface area contributed by atoms with Gasteiger partial charge in [-0.25, -0.2) is 9.97 Å². The van der Waals surface area contributed by atoms with Crippen molar-refractivity contribution in [1.29, 1.82) is 0 Å². The van der Waals surface area contributed by atoms with Crippen molar-refractivity contribution in [2.24, 2.45) is 0 Å². The van der Waals surface area contributed by atoms with Gasteiger partial charge in [-0.2, -0.15) is 0 Å². The van der Waals surface area contributed by atoms with Crippen molar-refractivity contribution >= 4 is 23.0 Å². The van der Waals surface area contributed by atoms with Gasteiger partial charge in [0.1, 0.15) is 18.0 Å². The Morgan fingerprint density at radius 3 is 2.76 bits per heavy atom. The van der Waals surface area contributed by atoms with Crippen molar-refractivity contribution in [3.63, 3.8) is 0 Å². The van der Waals surface area contributed by atoms with Crippen LogP contribution in [0.25, 0.3) is 0 Å². The van der Waals surface area contributed by atoms with Crippen molar-refractivity contribution in [3.05, 3.63) is 34.3 Å². The van der Waals surface area contributed by atoms with E-state index in [9.17, 15) is 0 Å². The molecular formula is C16H24N4S. The van der Waals surface area contributed by atoms with E-state index in [0.29, 0.717) is 5.92 Å². The first-order valence-electron chi connectivity index (χ1n) is 7.45. The summed E-state index contributed by atoms with van der Waals surface area (Å²) in [5, 5.41) is 5.54. The number of hydrogen-bond acceptors (Lipinski definition) is 5. The van der Waals surface area contributed by atoms with Crippen LogP contribution in [-0.2, 0) is 6.54 Å².